The molecule has 0 aliphatic rings. The Bertz CT molecular complexity index is 471. The summed E-state index contributed by atoms with van der Waals surface area (Å²) in [7, 11) is 1.53. The van der Waals surface area contributed by atoms with E-state index in [1.165, 1.54) is 7.11 Å². The SMILES string of the molecule is COc1c(C)c(C=CC(C)CO)oc(=O)c1C. The van der Waals surface area contributed by atoms with Crippen molar-refractivity contribution in [3.05, 3.63) is 33.4 Å². The smallest absolute Gasteiger partial charge is 0.342 e. The first-order valence-corrected chi connectivity index (χ1v) is 5.48. The second kappa shape index (κ2) is 5.68. The van der Waals surface area contributed by atoms with Gasteiger partial charge in [-0.15, -0.1) is 0 Å². The third-order valence-electron chi connectivity index (χ3n) is 2.63. The number of aliphatic hydroxyl groups is 1. The summed E-state index contributed by atoms with van der Waals surface area (Å²) in [5.74, 6) is 1.04. The summed E-state index contributed by atoms with van der Waals surface area (Å²) in [6.07, 6.45) is 3.49. The summed E-state index contributed by atoms with van der Waals surface area (Å²) >= 11 is 0. The van der Waals surface area contributed by atoms with Crippen LogP contribution in [0.1, 0.15) is 23.8 Å². The van der Waals surface area contributed by atoms with Gasteiger partial charge in [-0.05, 0) is 25.8 Å². The summed E-state index contributed by atoms with van der Waals surface area (Å²) in [5.41, 5.74) is 0.854. The summed E-state index contributed by atoms with van der Waals surface area (Å²) in [6.45, 7) is 5.43. The zero-order valence-electron chi connectivity index (χ0n) is 10.6. The van der Waals surface area contributed by atoms with Gasteiger partial charge >= 0.3 is 5.63 Å². The van der Waals surface area contributed by atoms with Gasteiger partial charge in [0.1, 0.15) is 11.5 Å². The third kappa shape index (κ3) is 2.97. The lowest BCUT2D eigenvalue weighted by molar-refractivity contribution is 0.262. The minimum Gasteiger partial charge on any atom is -0.496 e. The summed E-state index contributed by atoms with van der Waals surface area (Å²) in [5, 5.41) is 8.91. The Morgan fingerprint density at radius 1 is 1.41 bits per heavy atom. The number of hydrogen-bond acceptors (Lipinski definition) is 4. The molecule has 0 saturated heterocycles. The van der Waals surface area contributed by atoms with Crippen LogP contribution in [-0.4, -0.2) is 18.8 Å². The molecule has 0 aliphatic carbocycles. The Labute approximate surface area is 101 Å². The van der Waals surface area contributed by atoms with Gasteiger partial charge in [-0.2, -0.15) is 0 Å². The van der Waals surface area contributed by atoms with E-state index in [1.807, 2.05) is 13.8 Å². The van der Waals surface area contributed by atoms with Gasteiger partial charge in [0.05, 0.1) is 12.7 Å². The van der Waals surface area contributed by atoms with Crippen molar-refractivity contribution in [2.24, 2.45) is 5.92 Å². The van der Waals surface area contributed by atoms with Crippen LogP contribution in [0.2, 0.25) is 0 Å². The number of rotatable bonds is 4. The molecular formula is C13H18O4. The first-order valence-electron chi connectivity index (χ1n) is 5.48. The molecule has 0 bridgehead atoms. The molecule has 17 heavy (non-hydrogen) atoms. The first kappa shape index (κ1) is 13.5. The van der Waals surface area contributed by atoms with E-state index in [0.29, 0.717) is 17.1 Å². The molecule has 1 aromatic rings. The van der Waals surface area contributed by atoms with Gasteiger partial charge in [0.25, 0.3) is 0 Å². The summed E-state index contributed by atoms with van der Waals surface area (Å²) in [4.78, 5) is 11.6. The van der Waals surface area contributed by atoms with Gasteiger partial charge in [0.15, 0.2) is 0 Å². The highest BCUT2D eigenvalue weighted by Gasteiger charge is 2.12. The van der Waals surface area contributed by atoms with E-state index in [-0.39, 0.29) is 12.5 Å². The Morgan fingerprint density at radius 2 is 2.06 bits per heavy atom. The van der Waals surface area contributed by atoms with Gasteiger partial charge in [0, 0.05) is 12.2 Å². The fourth-order valence-corrected chi connectivity index (χ4v) is 1.52. The molecule has 0 spiro atoms. The average molecular weight is 238 g/mol. The highest BCUT2D eigenvalue weighted by molar-refractivity contribution is 5.53. The molecule has 1 atom stereocenters. The molecule has 0 fully saturated rings. The molecule has 1 N–H and O–H groups in total. The Morgan fingerprint density at radius 3 is 2.59 bits per heavy atom. The molecule has 0 radical (unpaired) electrons. The maximum absolute atomic E-state index is 11.6. The zero-order chi connectivity index (χ0) is 13.0. The van der Waals surface area contributed by atoms with E-state index in [2.05, 4.69) is 0 Å². The van der Waals surface area contributed by atoms with Crippen molar-refractivity contribution in [3.8, 4) is 5.75 Å². The molecule has 0 saturated carbocycles. The topological polar surface area (TPSA) is 59.7 Å². The first-order chi connectivity index (χ1) is 8.01. The van der Waals surface area contributed by atoms with Crippen LogP contribution < -0.4 is 10.4 Å². The maximum atomic E-state index is 11.6. The standard InChI is InChI=1S/C13H18O4/c1-8(7-14)5-6-11-9(2)12(16-4)10(3)13(15)17-11/h5-6,8,14H,7H2,1-4H3. The van der Waals surface area contributed by atoms with Crippen LogP contribution in [0.3, 0.4) is 0 Å². The molecule has 1 unspecified atom stereocenters. The average Bonchev–Trinajstić information content (AvgIpc) is 2.32. The van der Waals surface area contributed by atoms with Gasteiger partial charge in [-0.3, -0.25) is 0 Å². The fraction of sp³-hybridized carbons (Fsp3) is 0.462. The molecule has 4 nitrogen and oxygen atoms in total. The predicted molar refractivity (Wildman–Crippen MR) is 66.3 cm³/mol. The number of ether oxygens (including phenoxy) is 1. The minimum absolute atomic E-state index is 0.0204. The Hall–Kier alpha value is -1.55. The maximum Gasteiger partial charge on any atom is 0.342 e. The Balaban J connectivity index is 3.22. The molecule has 1 aromatic heterocycles. The van der Waals surface area contributed by atoms with Gasteiger partial charge in [-0.1, -0.05) is 13.0 Å². The number of hydrogen-bond donors (Lipinski definition) is 1. The van der Waals surface area contributed by atoms with Crippen molar-refractivity contribution in [2.75, 3.05) is 13.7 Å². The molecule has 1 heterocycles. The lowest BCUT2D eigenvalue weighted by atomic mass is 10.1. The summed E-state index contributed by atoms with van der Waals surface area (Å²) in [6, 6.07) is 0. The molecule has 0 aromatic carbocycles. The van der Waals surface area contributed by atoms with E-state index in [9.17, 15) is 4.79 Å². The highest BCUT2D eigenvalue weighted by Crippen LogP contribution is 2.24. The predicted octanol–water partition coefficient (Wildman–Crippen LogP) is 1.91. The van der Waals surface area contributed by atoms with Crippen LogP contribution in [-0.2, 0) is 0 Å². The van der Waals surface area contributed by atoms with Crippen LogP contribution in [0.25, 0.3) is 6.08 Å². The minimum atomic E-state index is -0.399. The van der Waals surface area contributed by atoms with Crippen molar-refractivity contribution in [3.63, 3.8) is 0 Å². The second-order valence-corrected chi connectivity index (χ2v) is 4.06. The number of aliphatic hydroxyl groups excluding tert-OH is 1. The normalized spacial score (nSPS) is 13.0. The van der Waals surface area contributed by atoms with Gasteiger partial charge in [0.2, 0.25) is 0 Å². The van der Waals surface area contributed by atoms with Crippen LogP contribution in [0.4, 0.5) is 0 Å². The van der Waals surface area contributed by atoms with E-state index < -0.39 is 5.63 Å². The molecule has 0 amide bonds. The molecule has 1 rings (SSSR count). The van der Waals surface area contributed by atoms with Crippen molar-refractivity contribution < 1.29 is 14.3 Å². The molecule has 4 heteroatoms. The molecule has 0 aliphatic heterocycles. The van der Waals surface area contributed by atoms with E-state index in [0.717, 1.165) is 5.56 Å². The van der Waals surface area contributed by atoms with E-state index in [1.54, 1.807) is 19.1 Å². The van der Waals surface area contributed by atoms with Crippen LogP contribution in [0.5, 0.6) is 5.75 Å². The monoisotopic (exact) mass is 238 g/mol. The number of methoxy groups -OCH3 is 1. The zero-order valence-corrected chi connectivity index (χ0v) is 10.6. The lowest BCUT2D eigenvalue weighted by Crippen LogP contribution is -2.08. The van der Waals surface area contributed by atoms with Crippen molar-refractivity contribution in [1.82, 2.24) is 0 Å². The highest BCUT2D eigenvalue weighted by atomic mass is 16.5. The van der Waals surface area contributed by atoms with Gasteiger partial charge < -0.3 is 14.3 Å². The van der Waals surface area contributed by atoms with Crippen molar-refractivity contribution in [2.45, 2.75) is 20.8 Å². The second-order valence-electron chi connectivity index (χ2n) is 4.06. The van der Waals surface area contributed by atoms with Crippen LogP contribution >= 0.6 is 0 Å². The van der Waals surface area contributed by atoms with E-state index >= 15 is 0 Å². The van der Waals surface area contributed by atoms with Gasteiger partial charge in [-0.25, -0.2) is 4.79 Å². The van der Waals surface area contributed by atoms with Crippen LogP contribution in [0.15, 0.2) is 15.3 Å². The molecular weight excluding hydrogens is 220 g/mol. The fourth-order valence-electron chi connectivity index (χ4n) is 1.52. The van der Waals surface area contributed by atoms with Crippen molar-refractivity contribution in [1.29, 1.82) is 0 Å². The third-order valence-corrected chi connectivity index (χ3v) is 2.63. The van der Waals surface area contributed by atoms with Crippen LogP contribution in [0, 0.1) is 19.8 Å². The summed E-state index contributed by atoms with van der Waals surface area (Å²) < 4.78 is 10.4. The largest absolute Gasteiger partial charge is 0.496 e. The lowest BCUT2D eigenvalue weighted by Gasteiger charge is -2.09. The molecule has 94 valence electrons. The van der Waals surface area contributed by atoms with Crippen molar-refractivity contribution >= 4 is 6.08 Å². The Kier molecular flexibility index (Phi) is 4.52. The quantitative estimate of drug-likeness (QED) is 0.870. The van der Waals surface area contributed by atoms with E-state index in [4.69, 9.17) is 14.3 Å².